The first-order valence-corrected chi connectivity index (χ1v) is 10.4. The third-order valence-electron chi connectivity index (χ3n) is 5.96. The highest BCUT2D eigenvalue weighted by atomic mass is 19.1. The second kappa shape index (κ2) is 7.55. The van der Waals surface area contributed by atoms with Crippen molar-refractivity contribution in [2.24, 2.45) is 0 Å². The van der Waals surface area contributed by atoms with Gasteiger partial charge in [0.05, 0.1) is 30.0 Å². The Morgan fingerprint density at radius 2 is 2.03 bits per heavy atom. The van der Waals surface area contributed by atoms with Gasteiger partial charge in [0.2, 0.25) is 5.91 Å². The normalized spacial score (nSPS) is 18.5. The Hall–Kier alpha value is -3.22. The minimum Gasteiger partial charge on any atom is -0.353 e. The number of pyridine rings is 1. The van der Waals surface area contributed by atoms with Crippen LogP contribution in [0.25, 0.3) is 22.5 Å². The number of imidazole rings is 1. The van der Waals surface area contributed by atoms with Crippen molar-refractivity contribution in [1.29, 1.82) is 0 Å². The molecule has 1 unspecified atom stereocenters. The number of hydrogen-bond acceptors (Lipinski definition) is 4. The Labute approximate surface area is 174 Å². The van der Waals surface area contributed by atoms with E-state index in [1.807, 2.05) is 34.1 Å². The van der Waals surface area contributed by atoms with Crippen LogP contribution in [0.1, 0.15) is 24.7 Å². The Morgan fingerprint density at radius 3 is 2.77 bits per heavy atom. The summed E-state index contributed by atoms with van der Waals surface area (Å²) in [5, 5.41) is 0. The zero-order chi connectivity index (χ0) is 20.7. The summed E-state index contributed by atoms with van der Waals surface area (Å²) in [6.45, 7) is 3.78. The van der Waals surface area contributed by atoms with E-state index in [-0.39, 0.29) is 5.91 Å². The second-order valence-electron chi connectivity index (χ2n) is 7.96. The zero-order valence-electron chi connectivity index (χ0n) is 16.9. The number of fused-ring (bicyclic) bond motifs is 1. The van der Waals surface area contributed by atoms with Crippen molar-refractivity contribution in [1.82, 2.24) is 19.9 Å². The molecule has 30 heavy (non-hydrogen) atoms. The minimum absolute atomic E-state index is 0.0647. The van der Waals surface area contributed by atoms with Gasteiger partial charge in [-0.25, -0.2) is 14.4 Å². The van der Waals surface area contributed by atoms with E-state index in [4.69, 9.17) is 4.98 Å². The van der Waals surface area contributed by atoms with Gasteiger partial charge in [-0.1, -0.05) is 30.3 Å². The standard InChI is InChI=1S/C23H24FN5O/c1-15(30)28-12-9-19-20(14-28)27-22(26-19)21-18(16-5-3-2-4-6-16)7-10-25-23(21)29-11-8-17(24)13-29/h2-7,10,17H,8-9,11-14H2,1H3,(H,26,27). The molecular weight excluding hydrogens is 381 g/mol. The molecule has 3 aromatic rings. The maximum absolute atomic E-state index is 14.0. The van der Waals surface area contributed by atoms with Crippen LogP contribution in [-0.2, 0) is 17.8 Å². The van der Waals surface area contributed by atoms with Gasteiger partial charge >= 0.3 is 0 Å². The molecule has 1 N–H and O–H groups in total. The predicted molar refractivity (Wildman–Crippen MR) is 114 cm³/mol. The summed E-state index contributed by atoms with van der Waals surface area (Å²) >= 11 is 0. The summed E-state index contributed by atoms with van der Waals surface area (Å²) in [5.74, 6) is 1.55. The lowest BCUT2D eigenvalue weighted by Crippen LogP contribution is -2.34. The molecule has 2 aliphatic rings. The quantitative estimate of drug-likeness (QED) is 0.723. The lowest BCUT2D eigenvalue weighted by Gasteiger charge is -2.24. The average Bonchev–Trinajstić information content (AvgIpc) is 3.39. The van der Waals surface area contributed by atoms with E-state index in [1.54, 1.807) is 13.1 Å². The maximum Gasteiger partial charge on any atom is 0.219 e. The number of amides is 1. The van der Waals surface area contributed by atoms with E-state index in [0.29, 0.717) is 32.6 Å². The topological polar surface area (TPSA) is 65.1 Å². The lowest BCUT2D eigenvalue weighted by atomic mass is 10.00. The van der Waals surface area contributed by atoms with Crippen LogP contribution in [0.4, 0.5) is 10.2 Å². The molecule has 154 valence electrons. The third kappa shape index (κ3) is 3.34. The molecule has 1 aromatic carbocycles. The van der Waals surface area contributed by atoms with Gasteiger partial charge in [-0.3, -0.25) is 4.79 Å². The highest BCUT2D eigenvalue weighted by molar-refractivity contribution is 5.88. The Balaban J connectivity index is 1.64. The SMILES string of the molecule is CC(=O)N1CCc2nc(-c3c(-c4ccccc4)ccnc3N3CCC(F)C3)[nH]c2C1. The number of aromatic nitrogens is 3. The molecule has 0 aliphatic carbocycles. The fourth-order valence-electron chi connectivity index (χ4n) is 4.37. The van der Waals surface area contributed by atoms with Crippen LogP contribution in [0.3, 0.4) is 0 Å². The van der Waals surface area contributed by atoms with Crippen LogP contribution in [0.2, 0.25) is 0 Å². The highest BCUT2D eigenvalue weighted by Crippen LogP contribution is 2.39. The minimum atomic E-state index is -0.839. The molecular formula is C23H24FN5O. The van der Waals surface area contributed by atoms with Gasteiger partial charge in [0.15, 0.2) is 0 Å². The summed E-state index contributed by atoms with van der Waals surface area (Å²) in [6, 6.07) is 12.1. The largest absolute Gasteiger partial charge is 0.353 e. The molecule has 1 atom stereocenters. The van der Waals surface area contributed by atoms with Gasteiger partial charge in [0.1, 0.15) is 17.8 Å². The number of hydrogen-bond donors (Lipinski definition) is 1. The summed E-state index contributed by atoms with van der Waals surface area (Å²) in [4.78, 5) is 28.6. The molecule has 1 saturated heterocycles. The summed E-state index contributed by atoms with van der Waals surface area (Å²) in [7, 11) is 0. The number of nitrogens with zero attached hydrogens (tertiary/aromatic N) is 4. The smallest absolute Gasteiger partial charge is 0.219 e. The van der Waals surface area contributed by atoms with E-state index >= 15 is 0 Å². The Kier molecular flexibility index (Phi) is 4.73. The van der Waals surface area contributed by atoms with Crippen LogP contribution >= 0.6 is 0 Å². The predicted octanol–water partition coefficient (Wildman–Crippen LogP) is 3.59. The van der Waals surface area contributed by atoms with E-state index in [9.17, 15) is 9.18 Å². The van der Waals surface area contributed by atoms with Crippen LogP contribution < -0.4 is 4.90 Å². The molecule has 5 rings (SSSR count). The van der Waals surface area contributed by atoms with Crippen LogP contribution in [0, 0.1) is 0 Å². The maximum atomic E-state index is 14.0. The van der Waals surface area contributed by atoms with Crippen molar-refractivity contribution in [3.8, 4) is 22.5 Å². The fraction of sp³-hybridized carbons (Fsp3) is 0.348. The Morgan fingerprint density at radius 1 is 1.20 bits per heavy atom. The molecule has 7 heteroatoms. The van der Waals surface area contributed by atoms with Crippen LogP contribution in [-0.4, -0.2) is 51.6 Å². The van der Waals surface area contributed by atoms with Gasteiger partial charge in [0.25, 0.3) is 0 Å². The molecule has 1 fully saturated rings. The average molecular weight is 405 g/mol. The molecule has 2 aliphatic heterocycles. The van der Waals surface area contributed by atoms with E-state index in [2.05, 4.69) is 22.1 Å². The zero-order valence-corrected chi connectivity index (χ0v) is 16.9. The van der Waals surface area contributed by atoms with Gasteiger partial charge in [-0.15, -0.1) is 0 Å². The molecule has 4 heterocycles. The van der Waals surface area contributed by atoms with Crippen molar-refractivity contribution in [2.45, 2.75) is 32.5 Å². The van der Waals surface area contributed by atoms with Crippen molar-refractivity contribution in [2.75, 3.05) is 24.5 Å². The first kappa shape index (κ1) is 18.8. The number of halogens is 1. The number of carbonyl (C=O) groups is 1. The molecule has 2 aromatic heterocycles. The van der Waals surface area contributed by atoms with Gasteiger partial charge < -0.3 is 14.8 Å². The van der Waals surface area contributed by atoms with E-state index < -0.39 is 6.17 Å². The summed E-state index contributed by atoms with van der Waals surface area (Å²) in [5.41, 5.74) is 4.91. The van der Waals surface area contributed by atoms with Crippen LogP contribution in [0.5, 0.6) is 0 Å². The monoisotopic (exact) mass is 405 g/mol. The van der Waals surface area contributed by atoms with Crippen molar-refractivity contribution in [3.63, 3.8) is 0 Å². The number of alkyl halides is 1. The van der Waals surface area contributed by atoms with Crippen molar-refractivity contribution in [3.05, 3.63) is 54.0 Å². The molecule has 6 nitrogen and oxygen atoms in total. The fourth-order valence-corrected chi connectivity index (χ4v) is 4.37. The molecule has 0 spiro atoms. The second-order valence-corrected chi connectivity index (χ2v) is 7.96. The number of benzene rings is 1. The molecule has 0 saturated carbocycles. The number of rotatable bonds is 3. The first-order valence-electron chi connectivity index (χ1n) is 10.4. The van der Waals surface area contributed by atoms with Gasteiger partial charge in [0, 0.05) is 32.6 Å². The van der Waals surface area contributed by atoms with Crippen molar-refractivity contribution < 1.29 is 9.18 Å². The summed E-state index contributed by atoms with van der Waals surface area (Å²) < 4.78 is 14.0. The molecule has 1 amide bonds. The highest BCUT2D eigenvalue weighted by Gasteiger charge is 2.29. The third-order valence-corrected chi connectivity index (χ3v) is 5.96. The molecule has 0 radical (unpaired) electrons. The van der Waals surface area contributed by atoms with Gasteiger partial charge in [-0.2, -0.15) is 0 Å². The number of anilines is 1. The first-order chi connectivity index (χ1) is 14.6. The van der Waals surface area contributed by atoms with Crippen molar-refractivity contribution >= 4 is 11.7 Å². The lowest BCUT2D eigenvalue weighted by molar-refractivity contribution is -0.129. The summed E-state index contributed by atoms with van der Waals surface area (Å²) in [6.07, 6.45) is 2.18. The van der Waals surface area contributed by atoms with Crippen LogP contribution in [0.15, 0.2) is 42.6 Å². The van der Waals surface area contributed by atoms with E-state index in [0.717, 1.165) is 46.1 Å². The number of H-pyrrole nitrogens is 1. The number of aromatic amines is 1. The number of nitrogens with one attached hydrogen (secondary N) is 1. The number of carbonyl (C=O) groups excluding carboxylic acids is 1. The van der Waals surface area contributed by atoms with E-state index in [1.165, 1.54) is 0 Å². The Bertz CT molecular complexity index is 1080. The molecule has 0 bridgehead atoms. The van der Waals surface area contributed by atoms with Gasteiger partial charge in [-0.05, 0) is 23.6 Å².